The van der Waals surface area contributed by atoms with Gasteiger partial charge in [0.1, 0.15) is 60.9 Å². The first-order valence-corrected chi connectivity index (χ1v) is 25.8. The molecule has 0 saturated carbocycles. The number of benzene rings is 2. The van der Waals surface area contributed by atoms with Gasteiger partial charge in [0.25, 0.3) is 5.91 Å². The van der Waals surface area contributed by atoms with Gasteiger partial charge in [-0.2, -0.15) is 40.2 Å². The van der Waals surface area contributed by atoms with E-state index in [1.54, 1.807) is 23.6 Å². The molecule has 0 aliphatic carbocycles. The molecule has 4 aromatic rings. The lowest BCUT2D eigenvalue weighted by molar-refractivity contribution is -0.974. The Kier molecular flexibility index (Phi) is 18.8. The van der Waals surface area contributed by atoms with Crippen LogP contribution in [0.15, 0.2) is 67.0 Å². The molecule has 3 aliphatic rings. The lowest BCUT2D eigenvalue weighted by Crippen LogP contribution is -2.72. The zero-order chi connectivity index (χ0) is 60.3. The molecular weight excluding hydrogens is 1110 g/mol. The van der Waals surface area contributed by atoms with Crippen molar-refractivity contribution in [3.63, 3.8) is 0 Å². The standard InChI is InChI=1S/C54H62F10N10O8/c1-51(2,53(59,60)61)44(67-49(78)80-6)46(76)66-41(20-31-11-8-30(9-12-31)10-13-32-14-17-43(65-23-32)71-24-34-15-16-35(25-71)74(34,5)36-28-82-29-36)42(75)27-72(70-47(77)45(68-50(79)81-7)52(3,4)54(62,63)64)26-37-38(55)21-33(22-39(37)56)40-18-19-73(69-40)48(57)58/h8-9,11-12,14,17-19,21-23,34-36,41-42,44-45,48,75H,15-16,20,24-29H2,1-7H3,(H3-,66,67,68,70,76,77,78,79)/p+1/t34?,35?,41-,42-,44?,45?,74?/m0/s1. The number of quaternary nitrogens is 1. The van der Waals surface area contributed by atoms with E-state index >= 15 is 8.78 Å². The lowest BCUT2D eigenvalue weighted by Gasteiger charge is -2.54. The summed E-state index contributed by atoms with van der Waals surface area (Å²) in [5, 5.41) is 22.1. The van der Waals surface area contributed by atoms with Gasteiger partial charge in [-0.05, 0) is 82.1 Å². The average molecular weight is 1170 g/mol. The quantitative estimate of drug-likeness (QED) is 0.0286. The normalized spacial score (nSPS) is 20.0. The van der Waals surface area contributed by atoms with Crippen LogP contribution < -0.4 is 26.3 Å². The minimum atomic E-state index is -5.23. The van der Waals surface area contributed by atoms with Gasteiger partial charge in [-0.25, -0.2) is 33.0 Å². The van der Waals surface area contributed by atoms with Gasteiger partial charge < -0.3 is 44.7 Å². The van der Waals surface area contributed by atoms with Crippen molar-refractivity contribution in [1.82, 2.24) is 41.1 Å². The molecule has 3 saturated heterocycles. The zero-order valence-corrected chi connectivity index (χ0v) is 45.6. The molecular formula is C54H63F10N10O8+. The zero-order valence-electron chi connectivity index (χ0n) is 45.6. The highest BCUT2D eigenvalue weighted by Crippen LogP contribution is 2.43. The highest BCUT2D eigenvalue weighted by atomic mass is 19.4. The van der Waals surface area contributed by atoms with Crippen molar-refractivity contribution in [3.8, 4) is 23.1 Å². The fourth-order valence-corrected chi connectivity index (χ4v) is 10.2. The number of alkyl halides is 8. The van der Waals surface area contributed by atoms with E-state index < -0.39 is 115 Å². The van der Waals surface area contributed by atoms with Gasteiger partial charge in [0, 0.05) is 60.6 Å². The van der Waals surface area contributed by atoms with Gasteiger partial charge in [-0.15, -0.1) is 0 Å². The predicted molar refractivity (Wildman–Crippen MR) is 274 cm³/mol. The number of aliphatic hydroxyl groups is 1. The van der Waals surface area contributed by atoms with Gasteiger partial charge in [0.2, 0.25) is 5.91 Å². The molecule has 2 aromatic carbocycles. The van der Waals surface area contributed by atoms with Crippen LogP contribution in [-0.4, -0.2) is 162 Å². The van der Waals surface area contributed by atoms with Crippen LogP contribution in [0.25, 0.3) is 11.3 Å². The molecule has 7 rings (SSSR count). The SMILES string of the molecule is COC(=O)NC(C(=O)N[C@@H](Cc1ccc(C#Cc2ccc(N3CC4CCC(C3)[N+]4(C)C3COC3)nc2)cc1)[C@@H](O)CN(Cc1c(F)cc(-c2ccn(C(F)F)n2)cc1F)NC(=O)C(NC(=O)OC)C(C)(C)C(F)(F)F)C(C)(C)C(F)(F)F. The molecule has 82 heavy (non-hydrogen) atoms. The minimum Gasteiger partial charge on any atom is -0.453 e. The van der Waals surface area contributed by atoms with E-state index in [9.17, 15) is 59.4 Å². The van der Waals surface area contributed by atoms with Gasteiger partial charge in [-0.1, -0.05) is 24.0 Å². The number of hydrogen-bond acceptors (Lipinski definition) is 12. The third-order valence-electron chi connectivity index (χ3n) is 15.9. The Labute approximate surface area is 465 Å². The number of pyridine rings is 1. The van der Waals surface area contributed by atoms with Crippen LogP contribution in [0.3, 0.4) is 0 Å². The Morgan fingerprint density at radius 1 is 0.793 bits per heavy atom. The molecule has 2 bridgehead atoms. The molecule has 0 radical (unpaired) electrons. The summed E-state index contributed by atoms with van der Waals surface area (Å²) in [6.07, 6.45) is -11.3. The Morgan fingerprint density at radius 2 is 1.33 bits per heavy atom. The van der Waals surface area contributed by atoms with Crippen LogP contribution in [0.5, 0.6) is 0 Å². The number of fused-ring (bicyclic) bond motifs is 2. The Morgan fingerprint density at radius 3 is 1.80 bits per heavy atom. The summed E-state index contributed by atoms with van der Waals surface area (Å²) in [7, 11) is 3.94. The number of anilines is 1. The maximum Gasteiger partial charge on any atom is 0.407 e. The molecule has 6 atom stereocenters. The monoisotopic (exact) mass is 1170 g/mol. The van der Waals surface area contributed by atoms with Gasteiger partial charge >= 0.3 is 31.1 Å². The fraction of sp³-hybridized carbons (Fsp3) is 0.519. The summed E-state index contributed by atoms with van der Waals surface area (Å²) in [6, 6.07) is 6.81. The first-order valence-electron chi connectivity index (χ1n) is 25.8. The average Bonchev–Trinajstić information content (AvgIpc) is 3.95. The van der Waals surface area contributed by atoms with E-state index in [0.29, 0.717) is 74.1 Å². The summed E-state index contributed by atoms with van der Waals surface area (Å²) in [4.78, 5) is 59.9. The number of nitrogens with one attached hydrogen (secondary N) is 4. The lowest BCUT2D eigenvalue weighted by atomic mass is 9.82. The smallest absolute Gasteiger partial charge is 0.407 e. The molecule has 18 nitrogen and oxygen atoms in total. The fourth-order valence-electron chi connectivity index (χ4n) is 10.2. The molecule has 5 N–H and O–H groups in total. The molecule has 4 amide bonds. The highest BCUT2D eigenvalue weighted by Gasteiger charge is 2.59. The number of hydrogen-bond donors (Lipinski definition) is 5. The van der Waals surface area contributed by atoms with Crippen molar-refractivity contribution >= 4 is 29.8 Å². The van der Waals surface area contributed by atoms with Crippen LogP contribution in [0.1, 0.15) is 69.3 Å². The molecule has 3 aliphatic heterocycles. The van der Waals surface area contributed by atoms with E-state index in [2.05, 4.69) is 43.7 Å². The topological polar surface area (TPSA) is 202 Å². The molecule has 3 fully saturated rings. The molecule has 446 valence electrons. The number of hydrazine groups is 1. The van der Waals surface area contributed by atoms with Crippen LogP contribution in [0, 0.1) is 34.3 Å². The van der Waals surface area contributed by atoms with Crippen molar-refractivity contribution in [2.75, 3.05) is 59.0 Å². The Hall–Kier alpha value is -7.22. The number of nitrogens with zero attached hydrogens (tertiary/aromatic N) is 6. The number of likely N-dealkylation sites (N-methyl/N-ethyl adjacent to an activating group) is 1. The Balaban J connectivity index is 1.18. The van der Waals surface area contributed by atoms with E-state index in [0.717, 1.165) is 75.9 Å². The van der Waals surface area contributed by atoms with Crippen molar-refractivity contribution in [3.05, 3.63) is 101 Å². The van der Waals surface area contributed by atoms with Crippen LogP contribution >= 0.6 is 0 Å². The van der Waals surface area contributed by atoms with Gasteiger partial charge in [0.15, 0.2) is 0 Å². The number of ether oxygens (including phenoxy) is 3. The maximum absolute atomic E-state index is 16.1. The Bertz CT molecular complexity index is 2960. The number of rotatable bonds is 19. The van der Waals surface area contributed by atoms with E-state index in [4.69, 9.17) is 9.72 Å². The van der Waals surface area contributed by atoms with Gasteiger partial charge in [-0.3, -0.25) is 15.0 Å². The summed E-state index contributed by atoms with van der Waals surface area (Å²) >= 11 is 0. The van der Waals surface area contributed by atoms with Crippen molar-refractivity contribution in [2.24, 2.45) is 10.8 Å². The summed E-state index contributed by atoms with van der Waals surface area (Å²) in [5.74, 6) is 0.818. The summed E-state index contributed by atoms with van der Waals surface area (Å²) in [6.45, 7) is 0.142. The number of aliphatic hydroxyl groups excluding tert-OH is 1. The molecule has 2 aromatic heterocycles. The van der Waals surface area contributed by atoms with E-state index in [1.165, 1.54) is 12.1 Å². The summed E-state index contributed by atoms with van der Waals surface area (Å²) < 4.78 is 162. The van der Waals surface area contributed by atoms with E-state index in [1.807, 2.05) is 22.9 Å². The van der Waals surface area contributed by atoms with Crippen LogP contribution in [0.4, 0.5) is 59.3 Å². The van der Waals surface area contributed by atoms with E-state index in [-0.39, 0.29) is 21.5 Å². The highest BCUT2D eigenvalue weighted by molar-refractivity contribution is 5.87. The van der Waals surface area contributed by atoms with Crippen LogP contribution in [-0.2, 0) is 36.8 Å². The number of amides is 4. The molecule has 0 spiro atoms. The van der Waals surface area contributed by atoms with Crippen molar-refractivity contribution < 1.29 is 86.9 Å². The molecule has 5 heterocycles. The van der Waals surface area contributed by atoms with Crippen molar-refractivity contribution in [2.45, 2.75) is 115 Å². The molecule has 28 heteroatoms. The number of halogens is 10. The number of aromatic nitrogens is 3. The second kappa shape index (κ2) is 24.7. The first-order chi connectivity index (χ1) is 38.4. The number of carbonyl (C=O) groups is 4. The van der Waals surface area contributed by atoms with Crippen LogP contribution in [0.2, 0.25) is 0 Å². The third kappa shape index (κ3) is 13.6. The third-order valence-corrected chi connectivity index (χ3v) is 15.9. The maximum atomic E-state index is 16.1. The largest absolute Gasteiger partial charge is 0.453 e. The van der Waals surface area contributed by atoms with Gasteiger partial charge in [0.05, 0.1) is 63.0 Å². The number of methoxy groups -OCH3 is 2. The number of piperazine rings is 1. The van der Waals surface area contributed by atoms with Crippen molar-refractivity contribution in [1.29, 1.82) is 0 Å². The first kappa shape index (κ1) is 62.4. The second-order valence-electron chi connectivity index (χ2n) is 21.8. The summed E-state index contributed by atoms with van der Waals surface area (Å²) in [5.41, 5.74) is -4.40. The number of alkyl carbamates (subject to hydrolysis) is 2. The number of carbonyl (C=O) groups excluding carboxylic acids is 4. The molecule has 4 unspecified atom stereocenters. The minimum absolute atomic E-state index is 0.199. The second-order valence-corrected chi connectivity index (χ2v) is 21.8. The predicted octanol–water partition coefficient (Wildman–Crippen LogP) is 6.76.